The second-order valence-corrected chi connectivity index (χ2v) is 6.49. The summed E-state index contributed by atoms with van der Waals surface area (Å²) in [5.74, 6) is 0.0437. The Morgan fingerprint density at radius 2 is 1.61 bits per heavy atom. The molecule has 1 rings (SSSR count). The molecule has 0 aliphatic rings. The molecule has 1 amide bonds. The Labute approximate surface area is 110 Å². The van der Waals surface area contributed by atoms with Crippen LogP contribution in [0.1, 0.15) is 40.2 Å². The molecule has 1 aromatic carbocycles. The minimum absolute atomic E-state index is 0.0437. The zero-order valence-corrected chi connectivity index (χ0v) is 12.0. The molecule has 0 aliphatic carbocycles. The van der Waals surface area contributed by atoms with Gasteiger partial charge >= 0.3 is 0 Å². The first kappa shape index (κ1) is 14.6. The van der Waals surface area contributed by atoms with Crippen LogP contribution in [0.2, 0.25) is 0 Å². The SMILES string of the molecule is CC(C)(C)CNC(=O)C(C)(C)c1ccc(N)cc1. The van der Waals surface area contributed by atoms with E-state index in [1.165, 1.54) is 0 Å². The average Bonchev–Trinajstić information content (AvgIpc) is 2.25. The predicted octanol–water partition coefficient (Wildman–Crippen LogP) is 2.71. The van der Waals surface area contributed by atoms with Gasteiger partial charge in [0.2, 0.25) is 5.91 Å². The molecule has 0 aromatic heterocycles. The fourth-order valence-electron chi connectivity index (χ4n) is 1.60. The van der Waals surface area contributed by atoms with Gasteiger partial charge < -0.3 is 11.1 Å². The average molecular weight is 248 g/mol. The first-order valence-corrected chi connectivity index (χ1v) is 6.27. The lowest BCUT2D eigenvalue weighted by atomic mass is 9.83. The Hall–Kier alpha value is -1.51. The molecular weight excluding hydrogens is 224 g/mol. The lowest BCUT2D eigenvalue weighted by molar-refractivity contribution is -0.126. The molecule has 0 heterocycles. The fourth-order valence-corrected chi connectivity index (χ4v) is 1.60. The number of anilines is 1. The zero-order valence-electron chi connectivity index (χ0n) is 12.0. The van der Waals surface area contributed by atoms with E-state index in [1.54, 1.807) is 0 Å². The summed E-state index contributed by atoms with van der Waals surface area (Å²) < 4.78 is 0. The third-order valence-electron chi connectivity index (χ3n) is 2.98. The molecule has 3 nitrogen and oxygen atoms in total. The van der Waals surface area contributed by atoms with Crippen molar-refractivity contribution in [1.82, 2.24) is 5.32 Å². The van der Waals surface area contributed by atoms with Crippen molar-refractivity contribution in [2.75, 3.05) is 12.3 Å². The maximum atomic E-state index is 12.3. The molecule has 0 aliphatic heterocycles. The summed E-state index contributed by atoms with van der Waals surface area (Å²) in [6, 6.07) is 7.47. The van der Waals surface area contributed by atoms with Crippen molar-refractivity contribution in [3.8, 4) is 0 Å². The number of nitrogens with two attached hydrogens (primary N) is 1. The third-order valence-corrected chi connectivity index (χ3v) is 2.98. The number of nitrogen functional groups attached to an aromatic ring is 1. The first-order valence-electron chi connectivity index (χ1n) is 6.27. The van der Waals surface area contributed by atoms with Crippen LogP contribution < -0.4 is 11.1 Å². The van der Waals surface area contributed by atoms with E-state index in [9.17, 15) is 4.79 Å². The number of rotatable bonds is 3. The summed E-state index contributed by atoms with van der Waals surface area (Å²) in [5, 5.41) is 3.01. The number of hydrogen-bond acceptors (Lipinski definition) is 2. The number of benzene rings is 1. The van der Waals surface area contributed by atoms with Gasteiger partial charge in [0.15, 0.2) is 0 Å². The van der Waals surface area contributed by atoms with Gasteiger partial charge in [-0.15, -0.1) is 0 Å². The van der Waals surface area contributed by atoms with Crippen LogP contribution in [0, 0.1) is 5.41 Å². The number of nitrogens with one attached hydrogen (secondary N) is 1. The maximum Gasteiger partial charge on any atom is 0.230 e. The van der Waals surface area contributed by atoms with Crippen LogP contribution >= 0.6 is 0 Å². The zero-order chi connectivity index (χ0) is 14.0. The van der Waals surface area contributed by atoms with Gasteiger partial charge in [-0.25, -0.2) is 0 Å². The van der Waals surface area contributed by atoms with Gasteiger partial charge in [0.05, 0.1) is 5.41 Å². The van der Waals surface area contributed by atoms with E-state index in [0.29, 0.717) is 12.2 Å². The van der Waals surface area contributed by atoms with Gasteiger partial charge in [0, 0.05) is 12.2 Å². The van der Waals surface area contributed by atoms with E-state index >= 15 is 0 Å². The number of amides is 1. The van der Waals surface area contributed by atoms with Crippen molar-refractivity contribution >= 4 is 11.6 Å². The van der Waals surface area contributed by atoms with Crippen molar-refractivity contribution in [1.29, 1.82) is 0 Å². The topological polar surface area (TPSA) is 55.1 Å². The van der Waals surface area contributed by atoms with Crippen molar-refractivity contribution < 1.29 is 4.79 Å². The van der Waals surface area contributed by atoms with Gasteiger partial charge in [-0.3, -0.25) is 4.79 Å². The fraction of sp³-hybridized carbons (Fsp3) is 0.533. The summed E-state index contributed by atoms with van der Waals surface area (Å²) in [5.41, 5.74) is 6.90. The molecule has 0 saturated carbocycles. The highest BCUT2D eigenvalue weighted by Crippen LogP contribution is 2.24. The Balaban J connectivity index is 2.79. The Morgan fingerprint density at radius 1 is 1.11 bits per heavy atom. The highest BCUT2D eigenvalue weighted by Gasteiger charge is 2.30. The molecule has 0 bridgehead atoms. The third kappa shape index (κ3) is 3.76. The van der Waals surface area contributed by atoms with Crippen LogP contribution in [-0.4, -0.2) is 12.5 Å². The standard InChI is InChI=1S/C15H24N2O/c1-14(2,3)10-17-13(18)15(4,5)11-6-8-12(16)9-7-11/h6-9H,10,16H2,1-5H3,(H,17,18). The summed E-state index contributed by atoms with van der Waals surface area (Å²) >= 11 is 0. The lowest BCUT2D eigenvalue weighted by Crippen LogP contribution is -2.43. The molecule has 1 aromatic rings. The molecule has 0 unspecified atom stereocenters. The largest absolute Gasteiger partial charge is 0.399 e. The van der Waals surface area contributed by atoms with Crippen molar-refractivity contribution in [3.05, 3.63) is 29.8 Å². The summed E-state index contributed by atoms with van der Waals surface area (Å²) in [7, 11) is 0. The van der Waals surface area contributed by atoms with E-state index in [4.69, 9.17) is 5.73 Å². The minimum Gasteiger partial charge on any atom is -0.399 e. The van der Waals surface area contributed by atoms with Crippen LogP contribution in [0.5, 0.6) is 0 Å². The van der Waals surface area contributed by atoms with Gasteiger partial charge in [-0.2, -0.15) is 0 Å². The monoisotopic (exact) mass is 248 g/mol. The molecule has 18 heavy (non-hydrogen) atoms. The Kier molecular flexibility index (Phi) is 4.05. The first-order chi connectivity index (χ1) is 8.13. The molecule has 0 spiro atoms. The van der Waals surface area contributed by atoms with Crippen LogP contribution in [0.15, 0.2) is 24.3 Å². The molecule has 3 N–H and O–H groups in total. The number of carbonyl (C=O) groups excluding carboxylic acids is 1. The van der Waals surface area contributed by atoms with Crippen molar-refractivity contribution in [2.24, 2.45) is 5.41 Å². The van der Waals surface area contributed by atoms with Gasteiger partial charge in [0.25, 0.3) is 0 Å². The van der Waals surface area contributed by atoms with Crippen LogP contribution in [0.4, 0.5) is 5.69 Å². The molecule has 0 fully saturated rings. The lowest BCUT2D eigenvalue weighted by Gasteiger charge is -2.27. The smallest absolute Gasteiger partial charge is 0.230 e. The highest BCUT2D eigenvalue weighted by atomic mass is 16.2. The van der Waals surface area contributed by atoms with Gasteiger partial charge in [0.1, 0.15) is 0 Å². The maximum absolute atomic E-state index is 12.3. The summed E-state index contributed by atoms with van der Waals surface area (Å²) in [6.45, 7) is 10.8. The number of carbonyl (C=O) groups is 1. The summed E-state index contributed by atoms with van der Waals surface area (Å²) in [6.07, 6.45) is 0. The predicted molar refractivity (Wildman–Crippen MR) is 76.3 cm³/mol. The minimum atomic E-state index is -0.543. The van der Waals surface area contributed by atoms with E-state index in [1.807, 2.05) is 38.1 Å². The van der Waals surface area contributed by atoms with E-state index < -0.39 is 5.41 Å². The van der Waals surface area contributed by atoms with E-state index in [-0.39, 0.29) is 11.3 Å². The number of hydrogen-bond donors (Lipinski definition) is 2. The molecule has 100 valence electrons. The second kappa shape index (κ2) is 5.01. The Morgan fingerprint density at radius 3 is 2.06 bits per heavy atom. The second-order valence-electron chi connectivity index (χ2n) is 6.49. The van der Waals surface area contributed by atoms with Crippen molar-refractivity contribution in [2.45, 2.75) is 40.0 Å². The molecule has 0 atom stereocenters. The van der Waals surface area contributed by atoms with E-state index in [2.05, 4.69) is 26.1 Å². The van der Waals surface area contributed by atoms with E-state index in [0.717, 1.165) is 5.56 Å². The van der Waals surface area contributed by atoms with Crippen LogP contribution in [0.25, 0.3) is 0 Å². The van der Waals surface area contributed by atoms with Gasteiger partial charge in [-0.05, 0) is 37.0 Å². The quantitative estimate of drug-likeness (QED) is 0.808. The Bertz CT molecular complexity index is 413. The van der Waals surface area contributed by atoms with Crippen LogP contribution in [-0.2, 0) is 10.2 Å². The molecule has 3 heteroatoms. The highest BCUT2D eigenvalue weighted by molar-refractivity contribution is 5.87. The molecular formula is C15H24N2O. The van der Waals surface area contributed by atoms with Crippen LogP contribution in [0.3, 0.4) is 0 Å². The molecule has 0 saturated heterocycles. The molecule has 0 radical (unpaired) electrons. The van der Waals surface area contributed by atoms with Crippen molar-refractivity contribution in [3.63, 3.8) is 0 Å². The van der Waals surface area contributed by atoms with Gasteiger partial charge in [-0.1, -0.05) is 32.9 Å². The normalized spacial score (nSPS) is 12.3. The summed E-state index contributed by atoms with van der Waals surface area (Å²) in [4.78, 5) is 12.3.